The third-order valence-corrected chi connectivity index (χ3v) is 7.87. The van der Waals surface area contributed by atoms with Gasteiger partial charge in [0.2, 0.25) is 0 Å². The molecule has 2 atom stereocenters. The maximum Gasteiger partial charge on any atom is 0.162 e. The highest BCUT2D eigenvalue weighted by molar-refractivity contribution is 6.10. The Morgan fingerprint density at radius 3 is 1.05 bits per heavy atom. The molecule has 0 spiro atoms. The van der Waals surface area contributed by atoms with Gasteiger partial charge in [0, 0.05) is 24.0 Å². The normalized spacial score (nSPS) is 22.4. The molecule has 40 heavy (non-hydrogen) atoms. The van der Waals surface area contributed by atoms with Crippen molar-refractivity contribution < 1.29 is 19.8 Å². The number of Topliss-reactive ketones (excluding diaryl/α,β-unsaturated/α-hetero) is 2. The van der Waals surface area contributed by atoms with Crippen LogP contribution in [0.15, 0.2) is 132 Å². The molecule has 200 valence electrons. The van der Waals surface area contributed by atoms with Crippen molar-refractivity contribution in [2.24, 2.45) is 0 Å². The number of benzene rings is 4. The summed E-state index contributed by atoms with van der Waals surface area (Å²) >= 11 is 0. The summed E-state index contributed by atoms with van der Waals surface area (Å²) in [6, 6.07) is 38.1. The van der Waals surface area contributed by atoms with Gasteiger partial charge in [0.25, 0.3) is 0 Å². The van der Waals surface area contributed by atoms with Crippen LogP contribution in [0.3, 0.4) is 0 Å². The topological polar surface area (TPSA) is 74.6 Å². The van der Waals surface area contributed by atoms with Gasteiger partial charge in [-0.2, -0.15) is 0 Å². The lowest BCUT2D eigenvalue weighted by Crippen LogP contribution is -2.25. The second kappa shape index (κ2) is 11.0. The highest BCUT2D eigenvalue weighted by atomic mass is 16.3. The van der Waals surface area contributed by atoms with Crippen LogP contribution in [0.2, 0.25) is 0 Å². The van der Waals surface area contributed by atoms with E-state index in [-0.39, 0.29) is 24.4 Å². The molecule has 0 aromatic heterocycles. The number of ketones is 2. The van der Waals surface area contributed by atoms with Crippen LogP contribution in [-0.4, -0.2) is 21.8 Å². The standard InChI is InChI=1S/2C18H16O2/c2*1-13-16(19)12-18(20,15-10-6-3-7-11-15)17(13)14-8-4-2-5-9-14/h2*2-11,20H,12H2,1H3/t2*18-/m11/s1. The summed E-state index contributed by atoms with van der Waals surface area (Å²) in [4.78, 5) is 24.3. The van der Waals surface area contributed by atoms with Gasteiger partial charge in [-0.05, 0) is 47.2 Å². The third kappa shape index (κ3) is 4.88. The Bertz CT molecular complexity index is 1470. The van der Waals surface area contributed by atoms with E-state index in [1.165, 1.54) is 0 Å². The van der Waals surface area contributed by atoms with Crippen molar-refractivity contribution in [1.29, 1.82) is 0 Å². The van der Waals surface area contributed by atoms with E-state index in [2.05, 4.69) is 0 Å². The van der Waals surface area contributed by atoms with Crippen molar-refractivity contribution in [2.75, 3.05) is 0 Å². The molecule has 0 heterocycles. The molecule has 0 fully saturated rings. The van der Waals surface area contributed by atoms with Gasteiger partial charge in [0.05, 0.1) is 0 Å². The zero-order valence-electron chi connectivity index (χ0n) is 22.7. The molecule has 0 aliphatic heterocycles. The summed E-state index contributed by atoms with van der Waals surface area (Å²) in [5.41, 5.74) is 3.68. The minimum Gasteiger partial charge on any atom is -0.380 e. The fourth-order valence-corrected chi connectivity index (χ4v) is 5.85. The van der Waals surface area contributed by atoms with Crippen LogP contribution in [-0.2, 0) is 20.8 Å². The summed E-state index contributed by atoms with van der Waals surface area (Å²) in [6.45, 7) is 3.59. The minimum atomic E-state index is -1.22. The van der Waals surface area contributed by atoms with E-state index >= 15 is 0 Å². The average Bonchev–Trinajstić information content (AvgIpc) is 3.37. The van der Waals surface area contributed by atoms with Gasteiger partial charge in [-0.25, -0.2) is 0 Å². The molecule has 6 rings (SSSR count). The zero-order chi connectivity index (χ0) is 28.3. The molecule has 4 aromatic carbocycles. The fraction of sp³-hybridized carbons (Fsp3) is 0.167. The van der Waals surface area contributed by atoms with E-state index in [1.807, 2.05) is 121 Å². The molecule has 4 heteroatoms. The SMILES string of the molecule is CC1=C(c2ccccc2)[C@](O)(c2ccccc2)CC1=O.CC1=C(c2ccccc2)[C@](O)(c2ccccc2)CC1=O. The van der Waals surface area contributed by atoms with E-state index in [9.17, 15) is 19.8 Å². The molecular weight excluding hydrogens is 496 g/mol. The van der Waals surface area contributed by atoms with Crippen LogP contribution in [0.1, 0.15) is 48.9 Å². The lowest BCUT2D eigenvalue weighted by atomic mass is 9.83. The van der Waals surface area contributed by atoms with Crippen molar-refractivity contribution in [3.63, 3.8) is 0 Å². The number of carbonyl (C=O) groups excluding carboxylic acids is 2. The van der Waals surface area contributed by atoms with E-state index < -0.39 is 11.2 Å². The van der Waals surface area contributed by atoms with Gasteiger partial charge in [0.1, 0.15) is 11.2 Å². The first kappa shape index (κ1) is 27.2. The Kier molecular flexibility index (Phi) is 7.49. The average molecular weight is 529 g/mol. The highest BCUT2D eigenvalue weighted by Gasteiger charge is 2.45. The first-order valence-corrected chi connectivity index (χ1v) is 13.4. The summed E-state index contributed by atoms with van der Waals surface area (Å²) in [5.74, 6) is 0.0189. The second-order valence-electron chi connectivity index (χ2n) is 10.4. The van der Waals surface area contributed by atoms with Crippen molar-refractivity contribution in [2.45, 2.75) is 37.9 Å². The van der Waals surface area contributed by atoms with Crippen molar-refractivity contribution >= 4 is 22.7 Å². The van der Waals surface area contributed by atoms with Gasteiger partial charge in [0.15, 0.2) is 11.6 Å². The lowest BCUT2D eigenvalue weighted by Gasteiger charge is -2.27. The van der Waals surface area contributed by atoms with Crippen molar-refractivity contribution in [1.82, 2.24) is 0 Å². The van der Waals surface area contributed by atoms with Gasteiger partial charge in [-0.15, -0.1) is 0 Å². The first-order valence-electron chi connectivity index (χ1n) is 13.4. The van der Waals surface area contributed by atoms with Crippen LogP contribution in [0, 0.1) is 0 Å². The number of hydrogen-bond acceptors (Lipinski definition) is 4. The van der Waals surface area contributed by atoms with Crippen molar-refractivity contribution in [3.05, 3.63) is 155 Å². The molecular formula is C36H32O4. The van der Waals surface area contributed by atoms with Crippen LogP contribution in [0.25, 0.3) is 11.1 Å². The fourth-order valence-electron chi connectivity index (χ4n) is 5.85. The Morgan fingerprint density at radius 1 is 0.475 bits per heavy atom. The van der Waals surface area contributed by atoms with E-state index in [1.54, 1.807) is 13.8 Å². The smallest absolute Gasteiger partial charge is 0.162 e. The minimum absolute atomic E-state index is 0.00945. The maximum atomic E-state index is 12.1. The molecule has 2 aliphatic carbocycles. The molecule has 4 nitrogen and oxygen atoms in total. The van der Waals surface area contributed by atoms with Gasteiger partial charge in [-0.1, -0.05) is 121 Å². The van der Waals surface area contributed by atoms with E-state index in [0.717, 1.165) is 33.4 Å². The molecule has 0 radical (unpaired) electrons. The first-order chi connectivity index (χ1) is 19.3. The number of hydrogen-bond donors (Lipinski definition) is 2. The number of carbonyl (C=O) groups is 2. The molecule has 2 N–H and O–H groups in total. The Labute approximate surface area is 235 Å². The summed E-state index contributed by atoms with van der Waals surface area (Å²) in [7, 11) is 0. The quantitative estimate of drug-likeness (QED) is 0.311. The highest BCUT2D eigenvalue weighted by Crippen LogP contribution is 2.47. The van der Waals surface area contributed by atoms with Crippen LogP contribution in [0.4, 0.5) is 0 Å². The number of aliphatic hydroxyl groups is 2. The van der Waals surface area contributed by atoms with E-state index in [4.69, 9.17) is 0 Å². The zero-order valence-corrected chi connectivity index (χ0v) is 22.7. The number of rotatable bonds is 4. The van der Waals surface area contributed by atoms with Crippen LogP contribution >= 0.6 is 0 Å². The van der Waals surface area contributed by atoms with Gasteiger partial charge in [-0.3, -0.25) is 9.59 Å². The number of allylic oxidation sites excluding steroid dienone is 2. The largest absolute Gasteiger partial charge is 0.380 e. The third-order valence-electron chi connectivity index (χ3n) is 7.87. The molecule has 4 aromatic rings. The summed E-state index contributed by atoms with van der Waals surface area (Å²) in [5, 5.41) is 22.3. The van der Waals surface area contributed by atoms with Crippen LogP contribution < -0.4 is 0 Å². The van der Waals surface area contributed by atoms with Gasteiger partial charge < -0.3 is 10.2 Å². The van der Waals surface area contributed by atoms with Gasteiger partial charge >= 0.3 is 0 Å². The second-order valence-corrected chi connectivity index (χ2v) is 10.4. The van der Waals surface area contributed by atoms with Crippen molar-refractivity contribution in [3.8, 4) is 0 Å². The predicted molar refractivity (Wildman–Crippen MR) is 158 cm³/mol. The monoisotopic (exact) mass is 528 g/mol. The Morgan fingerprint density at radius 2 is 0.750 bits per heavy atom. The molecule has 2 aliphatic rings. The Hall–Kier alpha value is -4.38. The molecule has 0 unspecified atom stereocenters. The Balaban J connectivity index is 0.000000161. The maximum absolute atomic E-state index is 12.1. The molecule has 0 saturated carbocycles. The van der Waals surface area contributed by atoms with E-state index in [0.29, 0.717) is 11.1 Å². The molecule has 0 saturated heterocycles. The predicted octanol–water partition coefficient (Wildman–Crippen LogP) is 6.64. The van der Waals surface area contributed by atoms with Crippen LogP contribution in [0.5, 0.6) is 0 Å². The summed E-state index contributed by atoms with van der Waals surface area (Å²) < 4.78 is 0. The lowest BCUT2D eigenvalue weighted by molar-refractivity contribution is -0.118. The molecule has 0 amide bonds. The molecule has 0 bridgehead atoms. The summed E-state index contributed by atoms with van der Waals surface area (Å²) in [6.07, 6.45) is 0.236.